The molecule has 3 rings (SSSR count). The summed E-state index contributed by atoms with van der Waals surface area (Å²) in [7, 11) is 1.61. The van der Waals surface area contributed by atoms with E-state index in [4.69, 9.17) is 9.47 Å². The summed E-state index contributed by atoms with van der Waals surface area (Å²) in [5.74, 6) is 1.53. The molecule has 1 saturated heterocycles. The summed E-state index contributed by atoms with van der Waals surface area (Å²) in [5.41, 5.74) is 0.873. The predicted molar refractivity (Wildman–Crippen MR) is 93.6 cm³/mol. The highest BCUT2D eigenvalue weighted by atomic mass is 16.5. The molecule has 0 N–H and O–H groups in total. The molecule has 0 saturated carbocycles. The van der Waals surface area contributed by atoms with Crippen LogP contribution in [0.4, 0.5) is 0 Å². The van der Waals surface area contributed by atoms with Crippen LogP contribution in [0.1, 0.15) is 30.9 Å². The second-order valence-corrected chi connectivity index (χ2v) is 6.12. The Morgan fingerprint density at radius 1 is 1.28 bits per heavy atom. The second kappa shape index (κ2) is 8.58. The van der Waals surface area contributed by atoms with Gasteiger partial charge in [-0.25, -0.2) is 4.98 Å². The third-order valence-electron chi connectivity index (χ3n) is 4.31. The third kappa shape index (κ3) is 4.76. The Labute approximate surface area is 147 Å². The highest BCUT2D eigenvalue weighted by Crippen LogP contribution is 2.27. The average molecular weight is 341 g/mol. The number of amides is 1. The zero-order chi connectivity index (χ0) is 17.5. The molecule has 1 aliphatic rings. The van der Waals surface area contributed by atoms with Gasteiger partial charge in [-0.05, 0) is 25.0 Å². The molecule has 6 heteroatoms. The zero-order valence-corrected chi connectivity index (χ0v) is 14.4. The van der Waals surface area contributed by atoms with E-state index in [1.807, 2.05) is 35.2 Å². The Balaban J connectivity index is 1.66. The molecule has 1 aromatic heterocycles. The molecule has 1 unspecified atom stereocenters. The topological polar surface area (TPSA) is 64.5 Å². The number of carbonyl (C=O) groups excluding carboxylic acids is 1. The van der Waals surface area contributed by atoms with Crippen molar-refractivity contribution in [2.24, 2.45) is 0 Å². The molecule has 0 spiro atoms. The van der Waals surface area contributed by atoms with Gasteiger partial charge in [-0.1, -0.05) is 18.2 Å². The molecule has 1 fully saturated rings. The van der Waals surface area contributed by atoms with Crippen molar-refractivity contribution in [3.63, 3.8) is 0 Å². The summed E-state index contributed by atoms with van der Waals surface area (Å²) in [6.45, 7) is 1.93. The first kappa shape index (κ1) is 17.4. The van der Waals surface area contributed by atoms with Gasteiger partial charge in [0.25, 0.3) is 0 Å². The molecule has 0 radical (unpaired) electrons. The minimum absolute atomic E-state index is 0.135. The minimum Gasteiger partial charge on any atom is -0.437 e. The first-order valence-electron chi connectivity index (χ1n) is 8.58. The van der Waals surface area contributed by atoms with Crippen LogP contribution in [0.2, 0.25) is 0 Å². The number of benzene rings is 1. The molecule has 0 aliphatic carbocycles. The van der Waals surface area contributed by atoms with Crippen molar-refractivity contribution in [2.75, 3.05) is 26.8 Å². The zero-order valence-electron chi connectivity index (χ0n) is 14.4. The summed E-state index contributed by atoms with van der Waals surface area (Å²) in [4.78, 5) is 23.0. The van der Waals surface area contributed by atoms with Crippen LogP contribution in [0.3, 0.4) is 0 Å². The quantitative estimate of drug-likeness (QED) is 0.808. The van der Waals surface area contributed by atoms with E-state index in [0.29, 0.717) is 25.5 Å². The van der Waals surface area contributed by atoms with E-state index in [9.17, 15) is 4.79 Å². The molecule has 25 heavy (non-hydrogen) atoms. The van der Waals surface area contributed by atoms with Gasteiger partial charge in [-0.3, -0.25) is 9.78 Å². The van der Waals surface area contributed by atoms with Crippen molar-refractivity contribution >= 4 is 5.91 Å². The van der Waals surface area contributed by atoms with Gasteiger partial charge >= 0.3 is 0 Å². The third-order valence-corrected chi connectivity index (χ3v) is 4.31. The number of para-hydroxylation sites is 1. The number of methoxy groups -OCH3 is 1. The molecule has 1 amide bonds. The smallest absolute Gasteiger partial charge is 0.238 e. The standard InChI is InChI=1S/C19H23N3O3/c1-24-11-9-19(23)22-10-5-6-15(14-22)17-12-20-13-18(21-17)25-16-7-3-2-4-8-16/h2-4,7-8,12-13,15H,5-6,9-11,14H2,1H3. The van der Waals surface area contributed by atoms with Crippen molar-refractivity contribution in [1.82, 2.24) is 14.9 Å². The highest BCUT2D eigenvalue weighted by molar-refractivity contribution is 5.76. The number of likely N-dealkylation sites (tertiary alicyclic amines) is 1. The number of piperidine rings is 1. The van der Waals surface area contributed by atoms with Crippen molar-refractivity contribution in [3.8, 4) is 11.6 Å². The van der Waals surface area contributed by atoms with Gasteiger partial charge in [0.2, 0.25) is 11.8 Å². The van der Waals surface area contributed by atoms with E-state index in [1.165, 1.54) is 0 Å². The fourth-order valence-electron chi connectivity index (χ4n) is 3.01. The van der Waals surface area contributed by atoms with Crippen LogP contribution in [0.25, 0.3) is 0 Å². The monoisotopic (exact) mass is 341 g/mol. The summed E-state index contributed by atoms with van der Waals surface area (Å²) in [6, 6.07) is 9.52. The Kier molecular flexibility index (Phi) is 5.95. The average Bonchev–Trinajstić information content (AvgIpc) is 2.67. The Morgan fingerprint density at radius 3 is 2.92 bits per heavy atom. The highest BCUT2D eigenvalue weighted by Gasteiger charge is 2.25. The normalized spacial score (nSPS) is 17.3. The molecule has 0 bridgehead atoms. The lowest BCUT2D eigenvalue weighted by atomic mass is 9.95. The molecular formula is C19H23N3O3. The lowest BCUT2D eigenvalue weighted by molar-refractivity contribution is -0.133. The number of ether oxygens (including phenoxy) is 2. The predicted octanol–water partition coefficient (Wildman–Crippen LogP) is 3.01. The molecule has 2 aromatic rings. The van der Waals surface area contributed by atoms with Crippen LogP contribution in [-0.4, -0.2) is 47.6 Å². The van der Waals surface area contributed by atoms with Gasteiger partial charge < -0.3 is 14.4 Å². The Bertz CT molecular complexity index is 693. The lowest BCUT2D eigenvalue weighted by Crippen LogP contribution is -2.39. The van der Waals surface area contributed by atoms with Crippen molar-refractivity contribution in [3.05, 3.63) is 48.4 Å². The van der Waals surface area contributed by atoms with Crippen molar-refractivity contribution < 1.29 is 14.3 Å². The maximum absolute atomic E-state index is 12.2. The molecular weight excluding hydrogens is 318 g/mol. The van der Waals surface area contributed by atoms with E-state index in [2.05, 4.69) is 9.97 Å². The maximum Gasteiger partial charge on any atom is 0.238 e. The Hall–Kier alpha value is -2.47. The van der Waals surface area contributed by atoms with Gasteiger partial charge in [0, 0.05) is 32.3 Å². The minimum atomic E-state index is 0.135. The van der Waals surface area contributed by atoms with Crippen molar-refractivity contribution in [1.29, 1.82) is 0 Å². The van der Waals surface area contributed by atoms with Crippen LogP contribution < -0.4 is 4.74 Å². The van der Waals surface area contributed by atoms with Crippen LogP contribution in [0.5, 0.6) is 11.6 Å². The van der Waals surface area contributed by atoms with Crippen LogP contribution in [0, 0.1) is 0 Å². The van der Waals surface area contributed by atoms with Gasteiger partial charge in [0.1, 0.15) is 5.75 Å². The number of nitrogens with zero attached hydrogens (tertiary/aromatic N) is 3. The molecule has 2 heterocycles. The van der Waals surface area contributed by atoms with E-state index in [1.54, 1.807) is 19.5 Å². The van der Waals surface area contributed by atoms with Crippen LogP contribution in [-0.2, 0) is 9.53 Å². The van der Waals surface area contributed by atoms with Gasteiger partial charge in [-0.15, -0.1) is 0 Å². The molecule has 132 valence electrons. The summed E-state index contributed by atoms with van der Waals surface area (Å²) in [6.07, 6.45) is 5.77. The Morgan fingerprint density at radius 2 is 2.12 bits per heavy atom. The molecule has 1 atom stereocenters. The SMILES string of the molecule is COCCC(=O)N1CCCC(c2cncc(Oc3ccccc3)n2)C1. The van der Waals surface area contributed by atoms with Gasteiger partial charge in [-0.2, -0.15) is 0 Å². The fraction of sp³-hybridized carbons (Fsp3) is 0.421. The summed E-state index contributed by atoms with van der Waals surface area (Å²) < 4.78 is 10.8. The van der Waals surface area contributed by atoms with Crippen LogP contribution in [0.15, 0.2) is 42.7 Å². The number of hydrogen-bond acceptors (Lipinski definition) is 5. The second-order valence-electron chi connectivity index (χ2n) is 6.12. The summed E-state index contributed by atoms with van der Waals surface area (Å²) >= 11 is 0. The molecule has 6 nitrogen and oxygen atoms in total. The lowest BCUT2D eigenvalue weighted by Gasteiger charge is -2.32. The largest absolute Gasteiger partial charge is 0.437 e. The van der Waals surface area contributed by atoms with Gasteiger partial charge in [0.15, 0.2) is 0 Å². The number of carbonyl (C=O) groups is 1. The van der Waals surface area contributed by atoms with Crippen molar-refractivity contribution in [2.45, 2.75) is 25.2 Å². The molecule has 1 aromatic carbocycles. The van der Waals surface area contributed by atoms with Crippen LogP contribution >= 0.6 is 0 Å². The van der Waals surface area contributed by atoms with E-state index >= 15 is 0 Å². The maximum atomic E-state index is 12.2. The first-order valence-corrected chi connectivity index (χ1v) is 8.58. The fourth-order valence-corrected chi connectivity index (χ4v) is 3.01. The molecule has 1 aliphatic heterocycles. The summed E-state index contributed by atoms with van der Waals surface area (Å²) in [5, 5.41) is 0. The van der Waals surface area contributed by atoms with Gasteiger partial charge in [0.05, 0.1) is 24.9 Å². The van der Waals surface area contributed by atoms with E-state index in [-0.39, 0.29) is 11.8 Å². The number of rotatable bonds is 6. The van der Waals surface area contributed by atoms with E-state index < -0.39 is 0 Å². The number of hydrogen-bond donors (Lipinski definition) is 0. The number of aromatic nitrogens is 2. The first-order chi connectivity index (χ1) is 12.3. The van der Waals surface area contributed by atoms with E-state index in [0.717, 1.165) is 30.8 Å².